The molecule has 1 saturated carbocycles. The second-order valence-electron chi connectivity index (χ2n) is 5.16. The van der Waals surface area contributed by atoms with E-state index in [-0.39, 0.29) is 0 Å². The van der Waals surface area contributed by atoms with Gasteiger partial charge in [-0.2, -0.15) is 0 Å². The highest BCUT2D eigenvalue weighted by Gasteiger charge is 2.21. The second kappa shape index (κ2) is 6.16. The maximum Gasteiger partial charge on any atom is 0.166 e. The minimum atomic E-state index is 0.618. The van der Waals surface area contributed by atoms with E-state index in [0.717, 1.165) is 18.2 Å². The Morgan fingerprint density at radius 3 is 2.39 bits per heavy atom. The van der Waals surface area contributed by atoms with Gasteiger partial charge in [0, 0.05) is 19.1 Å². The summed E-state index contributed by atoms with van der Waals surface area (Å²) in [6.45, 7) is 1.77. The molecule has 0 amide bonds. The SMILES string of the molecule is CN(C)Cc1ccc(CNC(=S)NC2CC2)cc1. The number of hydrogen-bond donors (Lipinski definition) is 2. The van der Waals surface area contributed by atoms with Gasteiger partial charge in [0.15, 0.2) is 5.11 Å². The molecule has 0 radical (unpaired) electrons. The minimum absolute atomic E-state index is 0.618. The smallest absolute Gasteiger partial charge is 0.166 e. The Morgan fingerprint density at radius 2 is 1.83 bits per heavy atom. The van der Waals surface area contributed by atoms with Crippen LogP contribution in [0.5, 0.6) is 0 Å². The van der Waals surface area contributed by atoms with Crippen molar-refractivity contribution in [2.24, 2.45) is 0 Å². The Hall–Kier alpha value is -1.13. The molecule has 2 N–H and O–H groups in total. The van der Waals surface area contributed by atoms with Crippen LogP contribution in [0.25, 0.3) is 0 Å². The van der Waals surface area contributed by atoms with Crippen LogP contribution in [0.15, 0.2) is 24.3 Å². The Morgan fingerprint density at radius 1 is 1.22 bits per heavy atom. The number of thiocarbonyl (C=S) groups is 1. The summed E-state index contributed by atoms with van der Waals surface area (Å²) in [6.07, 6.45) is 2.50. The average molecular weight is 263 g/mol. The zero-order valence-electron chi connectivity index (χ0n) is 11.1. The van der Waals surface area contributed by atoms with Gasteiger partial charge in [-0.1, -0.05) is 24.3 Å². The summed E-state index contributed by atoms with van der Waals surface area (Å²) in [5.41, 5.74) is 2.60. The Balaban J connectivity index is 1.76. The average Bonchev–Trinajstić information content (AvgIpc) is 3.11. The van der Waals surface area contributed by atoms with Crippen molar-refractivity contribution in [1.29, 1.82) is 0 Å². The zero-order chi connectivity index (χ0) is 13.0. The molecule has 0 aliphatic heterocycles. The summed E-state index contributed by atoms with van der Waals surface area (Å²) >= 11 is 5.22. The quantitative estimate of drug-likeness (QED) is 0.793. The van der Waals surface area contributed by atoms with Crippen molar-refractivity contribution in [3.05, 3.63) is 35.4 Å². The predicted molar refractivity (Wildman–Crippen MR) is 79.4 cm³/mol. The fourth-order valence-corrected chi connectivity index (χ4v) is 2.01. The maximum absolute atomic E-state index is 5.22. The molecular weight excluding hydrogens is 242 g/mol. The van der Waals surface area contributed by atoms with Crippen molar-refractivity contribution in [3.8, 4) is 0 Å². The molecule has 0 aromatic heterocycles. The molecule has 0 bridgehead atoms. The van der Waals surface area contributed by atoms with Gasteiger partial charge in [0.05, 0.1) is 0 Å². The van der Waals surface area contributed by atoms with E-state index in [2.05, 4.69) is 53.9 Å². The molecule has 0 heterocycles. The third-order valence-corrected chi connectivity index (χ3v) is 3.15. The van der Waals surface area contributed by atoms with E-state index in [0.29, 0.717) is 6.04 Å². The summed E-state index contributed by atoms with van der Waals surface area (Å²) in [5, 5.41) is 7.29. The van der Waals surface area contributed by atoms with E-state index in [9.17, 15) is 0 Å². The Labute approximate surface area is 115 Å². The number of hydrogen-bond acceptors (Lipinski definition) is 2. The summed E-state index contributed by atoms with van der Waals surface area (Å²) in [7, 11) is 4.16. The van der Waals surface area contributed by atoms with Gasteiger partial charge in [0.1, 0.15) is 0 Å². The van der Waals surface area contributed by atoms with E-state index in [1.54, 1.807) is 0 Å². The van der Waals surface area contributed by atoms with Crippen LogP contribution in [0.4, 0.5) is 0 Å². The molecule has 1 aromatic carbocycles. The minimum Gasteiger partial charge on any atom is -0.360 e. The molecule has 0 atom stereocenters. The third-order valence-electron chi connectivity index (χ3n) is 2.89. The van der Waals surface area contributed by atoms with E-state index in [1.165, 1.54) is 24.0 Å². The lowest BCUT2D eigenvalue weighted by Crippen LogP contribution is -2.36. The van der Waals surface area contributed by atoms with Crippen LogP contribution in [0, 0.1) is 0 Å². The number of benzene rings is 1. The van der Waals surface area contributed by atoms with Gasteiger partial charge in [0.2, 0.25) is 0 Å². The highest BCUT2D eigenvalue weighted by molar-refractivity contribution is 7.80. The number of rotatable bonds is 5. The van der Waals surface area contributed by atoms with Gasteiger partial charge < -0.3 is 15.5 Å². The van der Waals surface area contributed by atoms with E-state index < -0.39 is 0 Å². The van der Waals surface area contributed by atoms with Gasteiger partial charge in [-0.05, 0) is 50.3 Å². The molecule has 1 fully saturated rings. The molecule has 4 heteroatoms. The van der Waals surface area contributed by atoms with Crippen LogP contribution in [0.1, 0.15) is 24.0 Å². The van der Waals surface area contributed by atoms with Crippen LogP contribution >= 0.6 is 12.2 Å². The van der Waals surface area contributed by atoms with Gasteiger partial charge in [-0.3, -0.25) is 0 Å². The summed E-state index contributed by atoms with van der Waals surface area (Å²) < 4.78 is 0. The topological polar surface area (TPSA) is 27.3 Å². The normalized spacial score (nSPS) is 14.6. The first-order valence-electron chi connectivity index (χ1n) is 6.40. The first kappa shape index (κ1) is 13.3. The highest BCUT2D eigenvalue weighted by atomic mass is 32.1. The van der Waals surface area contributed by atoms with Crippen molar-refractivity contribution >= 4 is 17.3 Å². The molecule has 3 nitrogen and oxygen atoms in total. The lowest BCUT2D eigenvalue weighted by Gasteiger charge is -2.11. The van der Waals surface area contributed by atoms with Crippen LogP contribution in [0.2, 0.25) is 0 Å². The molecule has 18 heavy (non-hydrogen) atoms. The first-order valence-corrected chi connectivity index (χ1v) is 6.81. The largest absolute Gasteiger partial charge is 0.360 e. The molecule has 1 aliphatic carbocycles. The second-order valence-corrected chi connectivity index (χ2v) is 5.56. The lowest BCUT2D eigenvalue weighted by atomic mass is 10.1. The lowest BCUT2D eigenvalue weighted by molar-refractivity contribution is 0.402. The van der Waals surface area contributed by atoms with Gasteiger partial charge in [0.25, 0.3) is 0 Å². The molecule has 0 spiro atoms. The van der Waals surface area contributed by atoms with E-state index >= 15 is 0 Å². The molecule has 98 valence electrons. The Kier molecular flexibility index (Phi) is 4.55. The van der Waals surface area contributed by atoms with Gasteiger partial charge >= 0.3 is 0 Å². The van der Waals surface area contributed by atoms with Crippen molar-refractivity contribution in [3.63, 3.8) is 0 Å². The monoisotopic (exact) mass is 263 g/mol. The fourth-order valence-electron chi connectivity index (χ4n) is 1.77. The van der Waals surface area contributed by atoms with Crippen LogP contribution < -0.4 is 10.6 Å². The summed E-state index contributed by atoms with van der Waals surface area (Å²) in [5.74, 6) is 0. The molecular formula is C14H21N3S. The standard InChI is InChI=1S/C14H21N3S/c1-17(2)10-12-5-3-11(4-6-12)9-15-14(18)16-13-7-8-13/h3-6,13H,7-10H2,1-2H3,(H2,15,16,18). The van der Waals surface area contributed by atoms with E-state index in [1.807, 2.05) is 0 Å². The molecule has 0 unspecified atom stereocenters. The molecule has 0 saturated heterocycles. The Bertz CT molecular complexity index is 396. The summed E-state index contributed by atoms with van der Waals surface area (Å²) in [6, 6.07) is 9.28. The van der Waals surface area contributed by atoms with Crippen LogP contribution in [-0.2, 0) is 13.1 Å². The first-order chi connectivity index (χ1) is 8.63. The third kappa shape index (κ3) is 4.63. The van der Waals surface area contributed by atoms with Gasteiger partial charge in [-0.15, -0.1) is 0 Å². The van der Waals surface area contributed by atoms with Crippen LogP contribution in [0.3, 0.4) is 0 Å². The molecule has 1 aliphatic rings. The fraction of sp³-hybridized carbons (Fsp3) is 0.500. The van der Waals surface area contributed by atoms with Crippen molar-refractivity contribution in [2.45, 2.75) is 32.0 Å². The zero-order valence-corrected chi connectivity index (χ0v) is 11.9. The highest BCUT2D eigenvalue weighted by Crippen LogP contribution is 2.18. The van der Waals surface area contributed by atoms with Crippen molar-refractivity contribution < 1.29 is 0 Å². The van der Waals surface area contributed by atoms with Crippen molar-refractivity contribution in [1.82, 2.24) is 15.5 Å². The maximum atomic E-state index is 5.22. The number of nitrogens with zero attached hydrogens (tertiary/aromatic N) is 1. The van der Waals surface area contributed by atoms with Crippen molar-refractivity contribution in [2.75, 3.05) is 14.1 Å². The van der Waals surface area contributed by atoms with E-state index in [4.69, 9.17) is 12.2 Å². The summed E-state index contributed by atoms with van der Waals surface area (Å²) in [4.78, 5) is 2.17. The predicted octanol–water partition coefficient (Wildman–Crippen LogP) is 1.87. The number of nitrogens with one attached hydrogen (secondary N) is 2. The van der Waals surface area contributed by atoms with Crippen LogP contribution in [-0.4, -0.2) is 30.1 Å². The molecule has 1 aromatic rings. The van der Waals surface area contributed by atoms with Gasteiger partial charge in [-0.25, -0.2) is 0 Å². The molecule has 2 rings (SSSR count).